The van der Waals surface area contributed by atoms with E-state index in [1.807, 2.05) is 24.3 Å². The van der Waals surface area contributed by atoms with Gasteiger partial charge in [0.15, 0.2) is 5.82 Å². The Morgan fingerprint density at radius 3 is 2.48 bits per heavy atom. The Hall–Kier alpha value is -4.63. The molecule has 228 valence electrons. The highest BCUT2D eigenvalue weighted by molar-refractivity contribution is 5.83. The fourth-order valence-corrected chi connectivity index (χ4v) is 6.39. The molecule has 1 aliphatic rings. The van der Waals surface area contributed by atoms with Crippen molar-refractivity contribution in [1.29, 1.82) is 0 Å². The SMILES string of the molecule is COc1ccc(Cn2c(CCc3ccccc3)nnc2[C@@H](Cc2c[nH]c3ccccc23)N2CCC(C(N)=O)CC2)c(OC)c1. The number of primary amides is 1. The summed E-state index contributed by atoms with van der Waals surface area (Å²) >= 11 is 0. The van der Waals surface area contributed by atoms with Crippen molar-refractivity contribution in [3.8, 4) is 11.5 Å². The molecule has 9 heteroatoms. The highest BCUT2D eigenvalue weighted by atomic mass is 16.5. The van der Waals surface area contributed by atoms with Gasteiger partial charge in [0, 0.05) is 41.1 Å². The minimum Gasteiger partial charge on any atom is -0.497 e. The van der Waals surface area contributed by atoms with E-state index in [2.05, 4.69) is 69.2 Å². The smallest absolute Gasteiger partial charge is 0.220 e. The minimum atomic E-state index is -0.212. The largest absolute Gasteiger partial charge is 0.497 e. The number of H-pyrrole nitrogens is 1. The van der Waals surface area contributed by atoms with Gasteiger partial charge in [-0.2, -0.15) is 0 Å². The number of hydrogen-bond acceptors (Lipinski definition) is 6. The maximum absolute atomic E-state index is 12.0. The molecule has 0 bridgehead atoms. The van der Waals surface area contributed by atoms with E-state index in [-0.39, 0.29) is 17.9 Å². The Balaban J connectivity index is 1.40. The highest BCUT2D eigenvalue weighted by Gasteiger charge is 2.33. The third-order valence-corrected chi connectivity index (χ3v) is 8.92. The third kappa shape index (κ3) is 6.33. The first-order valence-corrected chi connectivity index (χ1v) is 15.3. The second-order valence-corrected chi connectivity index (χ2v) is 11.5. The number of para-hydroxylation sites is 1. The Morgan fingerprint density at radius 1 is 0.955 bits per heavy atom. The van der Waals surface area contributed by atoms with Gasteiger partial charge in [-0.05, 0) is 68.1 Å². The molecule has 1 atom stereocenters. The van der Waals surface area contributed by atoms with Crippen LogP contribution >= 0.6 is 0 Å². The van der Waals surface area contributed by atoms with Crippen LogP contribution in [0.1, 0.15) is 47.2 Å². The van der Waals surface area contributed by atoms with Crippen molar-refractivity contribution in [2.45, 2.75) is 44.7 Å². The number of aromatic amines is 1. The second-order valence-electron chi connectivity index (χ2n) is 11.5. The van der Waals surface area contributed by atoms with Crippen LogP contribution in [-0.2, 0) is 30.6 Å². The van der Waals surface area contributed by atoms with Gasteiger partial charge in [-0.3, -0.25) is 9.69 Å². The Morgan fingerprint density at radius 2 is 1.73 bits per heavy atom. The molecule has 6 rings (SSSR count). The van der Waals surface area contributed by atoms with Gasteiger partial charge in [0.1, 0.15) is 17.3 Å². The number of methoxy groups -OCH3 is 2. The van der Waals surface area contributed by atoms with E-state index < -0.39 is 0 Å². The maximum Gasteiger partial charge on any atom is 0.220 e. The fraction of sp³-hybridized carbons (Fsp3) is 0.343. The van der Waals surface area contributed by atoms with Gasteiger partial charge in [0.2, 0.25) is 5.91 Å². The summed E-state index contributed by atoms with van der Waals surface area (Å²) < 4.78 is 13.5. The molecule has 1 amide bonds. The van der Waals surface area contributed by atoms with Crippen molar-refractivity contribution in [2.75, 3.05) is 27.3 Å². The van der Waals surface area contributed by atoms with Gasteiger partial charge in [0.05, 0.1) is 26.8 Å². The quantitative estimate of drug-likeness (QED) is 0.209. The highest BCUT2D eigenvalue weighted by Crippen LogP contribution is 2.33. The number of carbonyl (C=O) groups is 1. The zero-order valence-corrected chi connectivity index (χ0v) is 25.4. The van der Waals surface area contributed by atoms with Crippen LogP contribution in [0.5, 0.6) is 11.5 Å². The summed E-state index contributed by atoms with van der Waals surface area (Å²) in [7, 11) is 3.34. The molecule has 0 unspecified atom stereocenters. The van der Waals surface area contributed by atoms with E-state index in [1.54, 1.807) is 14.2 Å². The van der Waals surface area contributed by atoms with Gasteiger partial charge in [-0.25, -0.2) is 0 Å². The number of aryl methyl sites for hydroxylation is 2. The van der Waals surface area contributed by atoms with Crippen LogP contribution in [0.3, 0.4) is 0 Å². The van der Waals surface area contributed by atoms with Crippen molar-refractivity contribution >= 4 is 16.8 Å². The van der Waals surface area contributed by atoms with Crippen molar-refractivity contribution in [3.63, 3.8) is 0 Å². The Labute approximate surface area is 258 Å². The lowest BCUT2D eigenvalue weighted by molar-refractivity contribution is -0.123. The molecule has 0 radical (unpaired) electrons. The molecule has 0 spiro atoms. The normalized spacial score (nSPS) is 15.0. The summed E-state index contributed by atoms with van der Waals surface area (Å²) in [4.78, 5) is 17.9. The van der Waals surface area contributed by atoms with Crippen LogP contribution in [0.4, 0.5) is 0 Å². The van der Waals surface area contributed by atoms with Gasteiger partial charge >= 0.3 is 0 Å². The first-order valence-electron chi connectivity index (χ1n) is 15.3. The zero-order chi connectivity index (χ0) is 30.5. The predicted molar refractivity (Wildman–Crippen MR) is 171 cm³/mol. The summed E-state index contributed by atoms with van der Waals surface area (Å²) in [6.07, 6.45) is 5.94. The number of ether oxygens (including phenoxy) is 2. The Kier molecular flexibility index (Phi) is 8.93. The number of likely N-dealkylation sites (tertiary alicyclic amines) is 1. The van der Waals surface area contributed by atoms with Crippen molar-refractivity contribution in [3.05, 3.63) is 107 Å². The standard InChI is InChI=1S/C35H40N6O3/c1-43-28-14-13-26(32(21-28)44-2)23-41-33(15-12-24-8-4-3-5-9-24)38-39-35(41)31(40-18-16-25(17-19-40)34(36)42)20-27-22-37-30-11-7-6-10-29(27)30/h3-11,13-14,21-22,25,31,37H,12,15-20,23H2,1-2H3,(H2,36,42)/t31-/m1/s1. The average molecular weight is 593 g/mol. The summed E-state index contributed by atoms with van der Waals surface area (Å²) in [5.74, 6) is 3.03. The number of aromatic nitrogens is 4. The van der Waals surface area contributed by atoms with E-state index in [0.29, 0.717) is 6.54 Å². The van der Waals surface area contributed by atoms with Crippen LogP contribution in [0.2, 0.25) is 0 Å². The Bertz CT molecular complexity index is 1700. The number of fused-ring (bicyclic) bond motifs is 1. The van der Waals surface area contributed by atoms with Gasteiger partial charge in [-0.15, -0.1) is 10.2 Å². The topological polar surface area (TPSA) is 111 Å². The van der Waals surface area contributed by atoms with Crippen molar-refractivity contribution < 1.29 is 14.3 Å². The number of nitrogens with zero attached hydrogens (tertiary/aromatic N) is 4. The molecule has 3 N–H and O–H groups in total. The summed E-state index contributed by atoms with van der Waals surface area (Å²) in [6.45, 7) is 2.08. The molecule has 44 heavy (non-hydrogen) atoms. The molecule has 3 heterocycles. The van der Waals surface area contributed by atoms with Crippen LogP contribution in [-0.4, -0.2) is 57.9 Å². The lowest BCUT2D eigenvalue weighted by Gasteiger charge is -2.36. The molecule has 1 fully saturated rings. The molecule has 5 aromatic rings. The average Bonchev–Trinajstić information content (AvgIpc) is 3.66. The number of nitrogens with one attached hydrogen (secondary N) is 1. The molecule has 1 aliphatic heterocycles. The maximum atomic E-state index is 12.0. The van der Waals surface area contributed by atoms with E-state index in [4.69, 9.17) is 25.4 Å². The molecular weight excluding hydrogens is 552 g/mol. The van der Waals surface area contributed by atoms with Crippen LogP contribution in [0.15, 0.2) is 79.0 Å². The number of rotatable bonds is 12. The first kappa shape index (κ1) is 29.4. The lowest BCUT2D eigenvalue weighted by atomic mass is 9.93. The molecule has 1 saturated heterocycles. The van der Waals surface area contributed by atoms with E-state index in [1.165, 1.54) is 16.5 Å². The molecule has 0 saturated carbocycles. The van der Waals surface area contributed by atoms with Crippen molar-refractivity contribution in [1.82, 2.24) is 24.6 Å². The minimum absolute atomic E-state index is 0.0507. The van der Waals surface area contributed by atoms with Crippen LogP contribution < -0.4 is 15.2 Å². The van der Waals surface area contributed by atoms with E-state index in [0.717, 1.165) is 79.4 Å². The number of carbonyl (C=O) groups excluding carboxylic acids is 1. The number of benzene rings is 3. The number of piperidine rings is 1. The molecule has 9 nitrogen and oxygen atoms in total. The summed E-state index contributed by atoms with van der Waals surface area (Å²) in [5.41, 5.74) is 10.3. The molecule has 0 aliphatic carbocycles. The van der Waals surface area contributed by atoms with E-state index >= 15 is 0 Å². The number of hydrogen-bond donors (Lipinski definition) is 2. The molecule has 3 aromatic carbocycles. The number of nitrogens with two attached hydrogens (primary N) is 1. The third-order valence-electron chi connectivity index (χ3n) is 8.92. The zero-order valence-electron chi connectivity index (χ0n) is 25.4. The van der Waals surface area contributed by atoms with Crippen molar-refractivity contribution in [2.24, 2.45) is 11.7 Å². The first-order chi connectivity index (χ1) is 21.5. The van der Waals surface area contributed by atoms with Gasteiger partial charge in [-0.1, -0.05) is 48.5 Å². The number of amides is 1. The van der Waals surface area contributed by atoms with Crippen LogP contribution in [0, 0.1) is 5.92 Å². The summed E-state index contributed by atoms with van der Waals surface area (Å²) in [6, 6.07) is 24.7. The molecular formula is C35H40N6O3. The lowest BCUT2D eigenvalue weighted by Crippen LogP contribution is -2.42. The van der Waals surface area contributed by atoms with Gasteiger partial charge < -0.3 is 24.8 Å². The van der Waals surface area contributed by atoms with Crippen LogP contribution in [0.25, 0.3) is 10.9 Å². The summed E-state index contributed by atoms with van der Waals surface area (Å²) in [5, 5.41) is 10.9. The van der Waals surface area contributed by atoms with E-state index in [9.17, 15) is 4.79 Å². The fourth-order valence-electron chi connectivity index (χ4n) is 6.39. The molecule has 2 aromatic heterocycles. The monoisotopic (exact) mass is 592 g/mol. The second kappa shape index (κ2) is 13.3. The predicted octanol–water partition coefficient (Wildman–Crippen LogP) is 5.09. The van der Waals surface area contributed by atoms with Gasteiger partial charge in [0.25, 0.3) is 0 Å².